The number of rotatable bonds is 5. The maximum Gasteiger partial charge on any atom is 0.0738 e. The molecule has 2 aromatic rings. The zero-order chi connectivity index (χ0) is 16.8. The van der Waals surface area contributed by atoms with Crippen LogP contribution in [0.5, 0.6) is 0 Å². The predicted octanol–water partition coefficient (Wildman–Crippen LogP) is 4.53. The average molecular weight is 340 g/mol. The highest BCUT2D eigenvalue weighted by Gasteiger charge is 2.30. The molecule has 3 atom stereocenters. The molecule has 2 nitrogen and oxygen atoms in total. The van der Waals surface area contributed by atoms with Crippen LogP contribution in [0.25, 0.3) is 0 Å². The van der Waals surface area contributed by atoms with Crippen molar-refractivity contribution in [2.75, 3.05) is 12.3 Å². The summed E-state index contributed by atoms with van der Waals surface area (Å²) in [5.41, 5.74) is 1.30. The summed E-state index contributed by atoms with van der Waals surface area (Å²) in [7, 11) is 0. The van der Waals surface area contributed by atoms with Gasteiger partial charge >= 0.3 is 0 Å². The van der Waals surface area contributed by atoms with Gasteiger partial charge in [0.1, 0.15) is 0 Å². The van der Waals surface area contributed by atoms with E-state index in [1.807, 2.05) is 17.8 Å². The van der Waals surface area contributed by atoms with Gasteiger partial charge in [-0.15, -0.1) is 11.8 Å². The summed E-state index contributed by atoms with van der Waals surface area (Å²) in [5, 5.41) is 10.7. The third-order valence-electron chi connectivity index (χ3n) is 4.67. The fourth-order valence-electron chi connectivity index (χ4n) is 3.22. The minimum absolute atomic E-state index is 0.139. The van der Waals surface area contributed by atoms with E-state index in [1.165, 1.54) is 10.5 Å². The van der Waals surface area contributed by atoms with E-state index >= 15 is 0 Å². The fourth-order valence-corrected chi connectivity index (χ4v) is 4.35. The van der Waals surface area contributed by atoms with Gasteiger partial charge < -0.3 is 5.11 Å². The highest BCUT2D eigenvalue weighted by molar-refractivity contribution is 7.99. The normalized spacial score (nSPS) is 22.9. The molecular formula is C21H25NOS. The summed E-state index contributed by atoms with van der Waals surface area (Å²) >= 11 is 1.83. The topological polar surface area (TPSA) is 23.5 Å². The Morgan fingerprint density at radius 1 is 1.04 bits per heavy atom. The summed E-state index contributed by atoms with van der Waals surface area (Å²) in [5.74, 6) is 0.893. The Bertz CT molecular complexity index is 643. The predicted molar refractivity (Wildman–Crippen MR) is 102 cm³/mol. The van der Waals surface area contributed by atoms with Gasteiger partial charge in [-0.2, -0.15) is 0 Å². The second-order valence-corrected chi connectivity index (χ2v) is 7.34. The maximum absolute atomic E-state index is 10.7. The van der Waals surface area contributed by atoms with Crippen molar-refractivity contribution in [3.05, 3.63) is 78.4 Å². The van der Waals surface area contributed by atoms with Gasteiger partial charge in [-0.3, -0.25) is 4.90 Å². The van der Waals surface area contributed by atoms with Gasteiger partial charge in [-0.1, -0.05) is 60.7 Å². The molecule has 24 heavy (non-hydrogen) atoms. The van der Waals surface area contributed by atoms with Gasteiger partial charge in [0, 0.05) is 29.3 Å². The van der Waals surface area contributed by atoms with Crippen molar-refractivity contribution in [2.24, 2.45) is 0 Å². The summed E-state index contributed by atoms with van der Waals surface area (Å²) in [6, 6.07) is 21.4. The average Bonchev–Trinajstić information content (AvgIpc) is 2.82. The summed E-state index contributed by atoms with van der Waals surface area (Å²) in [6.07, 6.45) is 4.71. The number of aliphatic hydroxyl groups is 1. The Morgan fingerprint density at radius 3 is 2.42 bits per heavy atom. The van der Waals surface area contributed by atoms with E-state index in [0.29, 0.717) is 0 Å². The molecular weight excluding hydrogens is 314 g/mol. The molecule has 1 N–H and O–H groups in total. The lowest BCUT2D eigenvalue weighted by atomic mass is 10.0. The molecule has 1 aliphatic rings. The molecule has 0 radical (unpaired) electrons. The Kier molecular flexibility index (Phi) is 6.13. The lowest BCUT2D eigenvalue weighted by Crippen LogP contribution is -2.45. The Hall–Kier alpha value is -1.55. The Labute approximate surface area is 149 Å². The third kappa shape index (κ3) is 4.29. The molecule has 1 heterocycles. The van der Waals surface area contributed by atoms with Gasteiger partial charge in [0.2, 0.25) is 0 Å². The lowest BCUT2D eigenvalue weighted by molar-refractivity contribution is 0.0528. The summed E-state index contributed by atoms with van der Waals surface area (Å²) < 4.78 is 0. The molecule has 3 heteroatoms. The fraction of sp³-hybridized carbons (Fsp3) is 0.333. The van der Waals surface area contributed by atoms with Crippen LogP contribution in [0.3, 0.4) is 0 Å². The smallest absolute Gasteiger partial charge is 0.0738 e. The number of nitrogens with zero attached hydrogens (tertiary/aromatic N) is 1. The molecule has 0 saturated carbocycles. The molecule has 2 aromatic carbocycles. The van der Waals surface area contributed by atoms with Crippen LogP contribution in [-0.2, 0) is 0 Å². The van der Waals surface area contributed by atoms with Crippen LogP contribution in [0.2, 0.25) is 0 Å². The van der Waals surface area contributed by atoms with Crippen LogP contribution in [-0.4, -0.2) is 34.4 Å². The van der Waals surface area contributed by atoms with Gasteiger partial charge in [-0.05, 0) is 31.0 Å². The van der Waals surface area contributed by atoms with Gasteiger partial charge in [0.15, 0.2) is 0 Å². The Morgan fingerprint density at radius 2 is 1.71 bits per heavy atom. The molecule has 0 aromatic heterocycles. The molecule has 0 fully saturated rings. The van der Waals surface area contributed by atoms with Crippen molar-refractivity contribution >= 4 is 11.8 Å². The second kappa shape index (κ2) is 8.52. The highest BCUT2D eigenvalue weighted by Crippen LogP contribution is 2.30. The van der Waals surface area contributed by atoms with Crippen LogP contribution in [0.1, 0.15) is 24.9 Å². The molecule has 0 unspecified atom stereocenters. The van der Waals surface area contributed by atoms with E-state index in [2.05, 4.69) is 78.6 Å². The third-order valence-corrected chi connectivity index (χ3v) is 5.79. The van der Waals surface area contributed by atoms with Crippen LogP contribution < -0.4 is 0 Å². The molecule has 1 aliphatic heterocycles. The van der Waals surface area contributed by atoms with Crippen LogP contribution in [0.15, 0.2) is 77.7 Å². The van der Waals surface area contributed by atoms with Crippen LogP contribution in [0.4, 0.5) is 0 Å². The number of benzene rings is 2. The first-order valence-corrected chi connectivity index (χ1v) is 9.56. The molecule has 0 aliphatic carbocycles. The molecule has 0 spiro atoms. The lowest BCUT2D eigenvalue weighted by Gasteiger charge is -2.37. The van der Waals surface area contributed by atoms with Crippen molar-refractivity contribution in [3.8, 4) is 0 Å². The largest absolute Gasteiger partial charge is 0.391 e. The molecule has 0 bridgehead atoms. The van der Waals surface area contributed by atoms with E-state index < -0.39 is 0 Å². The molecule has 3 rings (SSSR count). The van der Waals surface area contributed by atoms with Gasteiger partial charge in [0.25, 0.3) is 0 Å². The molecule has 126 valence electrons. The zero-order valence-electron chi connectivity index (χ0n) is 14.1. The van der Waals surface area contributed by atoms with Crippen LogP contribution >= 0.6 is 11.8 Å². The summed E-state index contributed by atoms with van der Waals surface area (Å²) in [6.45, 7) is 3.12. The van der Waals surface area contributed by atoms with E-state index in [0.717, 1.165) is 18.7 Å². The quantitative estimate of drug-likeness (QED) is 0.639. The van der Waals surface area contributed by atoms with Crippen molar-refractivity contribution in [1.82, 2.24) is 4.90 Å². The summed E-state index contributed by atoms with van der Waals surface area (Å²) in [4.78, 5) is 3.69. The van der Waals surface area contributed by atoms with Gasteiger partial charge in [0.05, 0.1) is 6.10 Å². The minimum Gasteiger partial charge on any atom is -0.391 e. The number of aliphatic hydroxyl groups excluding tert-OH is 1. The SMILES string of the molecule is C[C@H](c1ccccc1)N1CC=CC[C@@H](O)[C@H]1CSc1ccccc1. The van der Waals surface area contributed by atoms with Crippen molar-refractivity contribution in [3.63, 3.8) is 0 Å². The number of thioether (sulfide) groups is 1. The first-order valence-electron chi connectivity index (χ1n) is 8.57. The maximum atomic E-state index is 10.7. The van der Waals surface area contributed by atoms with E-state index in [1.54, 1.807) is 0 Å². The highest BCUT2D eigenvalue weighted by atomic mass is 32.2. The van der Waals surface area contributed by atoms with Crippen LogP contribution in [0, 0.1) is 0 Å². The minimum atomic E-state index is -0.328. The monoisotopic (exact) mass is 339 g/mol. The van der Waals surface area contributed by atoms with Gasteiger partial charge in [-0.25, -0.2) is 0 Å². The molecule has 0 saturated heterocycles. The van der Waals surface area contributed by atoms with E-state index in [-0.39, 0.29) is 18.2 Å². The standard InChI is InChI=1S/C21H25NOS/c1-17(18-10-4-2-5-11-18)22-15-9-8-14-21(23)20(22)16-24-19-12-6-3-7-13-19/h2-13,17,20-21,23H,14-16H2,1H3/t17-,20-,21-/m1/s1. The number of hydrogen-bond donors (Lipinski definition) is 1. The van der Waals surface area contributed by atoms with Crippen molar-refractivity contribution in [2.45, 2.75) is 36.4 Å². The van der Waals surface area contributed by atoms with Crippen molar-refractivity contribution < 1.29 is 5.11 Å². The molecule has 0 amide bonds. The first-order chi connectivity index (χ1) is 11.8. The van der Waals surface area contributed by atoms with E-state index in [4.69, 9.17) is 0 Å². The number of hydrogen-bond acceptors (Lipinski definition) is 3. The first kappa shape index (κ1) is 17.3. The van der Waals surface area contributed by atoms with E-state index in [9.17, 15) is 5.11 Å². The second-order valence-electron chi connectivity index (χ2n) is 6.25. The zero-order valence-corrected chi connectivity index (χ0v) is 14.9. The van der Waals surface area contributed by atoms with Crippen molar-refractivity contribution in [1.29, 1.82) is 0 Å². The Balaban J connectivity index is 1.76.